The fourth-order valence-corrected chi connectivity index (χ4v) is 3.85. The molecular formula is C21H36O4S. The van der Waals surface area contributed by atoms with E-state index in [2.05, 4.69) is 19.9 Å². The van der Waals surface area contributed by atoms with Crippen LogP contribution in [0.15, 0.2) is 18.2 Å². The van der Waals surface area contributed by atoms with Crippen LogP contribution >= 0.6 is 0 Å². The first-order valence-corrected chi connectivity index (χ1v) is 11.7. The second-order valence-corrected chi connectivity index (χ2v) is 8.54. The number of benzene rings is 1. The van der Waals surface area contributed by atoms with Crippen LogP contribution in [0, 0.1) is 0 Å². The molecule has 4 nitrogen and oxygen atoms in total. The monoisotopic (exact) mass is 384 g/mol. The molecule has 1 aromatic rings. The molecule has 0 aliphatic carbocycles. The van der Waals surface area contributed by atoms with Gasteiger partial charge in [-0.1, -0.05) is 71.4 Å². The molecule has 0 aromatic heterocycles. The molecule has 5 heteroatoms. The van der Waals surface area contributed by atoms with E-state index in [1.54, 1.807) is 6.92 Å². The highest BCUT2D eigenvalue weighted by atomic mass is 32.2. The van der Waals surface area contributed by atoms with Gasteiger partial charge in [-0.2, -0.15) is 8.42 Å². The maximum Gasteiger partial charge on any atom is 0.303 e. The summed E-state index contributed by atoms with van der Waals surface area (Å²) in [6, 6.07) is 5.89. The van der Waals surface area contributed by atoms with Crippen molar-refractivity contribution >= 4 is 10.1 Å². The van der Waals surface area contributed by atoms with Crippen LogP contribution in [0.1, 0.15) is 89.7 Å². The van der Waals surface area contributed by atoms with E-state index in [1.807, 2.05) is 12.1 Å². The van der Waals surface area contributed by atoms with Crippen LogP contribution in [0.25, 0.3) is 0 Å². The zero-order chi connectivity index (χ0) is 19.4. The topological polar surface area (TPSA) is 63.6 Å². The van der Waals surface area contributed by atoms with Gasteiger partial charge in [-0.3, -0.25) is 4.55 Å². The molecule has 0 amide bonds. The molecule has 0 saturated heterocycles. The molecule has 1 N–H and O–H groups in total. The summed E-state index contributed by atoms with van der Waals surface area (Å²) in [7, 11) is -4.22. The summed E-state index contributed by atoms with van der Waals surface area (Å²) in [5, 5.41) is 0. The first kappa shape index (κ1) is 23.0. The Bertz CT molecular complexity index is 610. The largest absolute Gasteiger partial charge is 0.472 e. The van der Waals surface area contributed by atoms with Crippen molar-refractivity contribution in [1.82, 2.24) is 0 Å². The van der Waals surface area contributed by atoms with Crippen molar-refractivity contribution in [3.05, 3.63) is 29.3 Å². The maximum absolute atomic E-state index is 11.5. The maximum atomic E-state index is 11.5. The van der Waals surface area contributed by atoms with Crippen molar-refractivity contribution in [2.24, 2.45) is 0 Å². The smallest absolute Gasteiger partial charge is 0.303 e. The lowest BCUT2D eigenvalue weighted by Crippen LogP contribution is -2.26. The zero-order valence-electron chi connectivity index (χ0n) is 16.7. The number of hydrogen-bond donors (Lipinski definition) is 1. The van der Waals surface area contributed by atoms with Crippen molar-refractivity contribution in [2.75, 3.05) is 0 Å². The molecule has 0 heterocycles. The van der Waals surface area contributed by atoms with Gasteiger partial charge in [0.05, 0.1) is 0 Å². The Hall–Kier alpha value is -1.07. The molecular weight excluding hydrogens is 348 g/mol. The summed E-state index contributed by atoms with van der Waals surface area (Å²) in [6.07, 6.45) is 11.5. The highest BCUT2D eigenvalue weighted by molar-refractivity contribution is 7.86. The third-order valence-corrected chi connectivity index (χ3v) is 5.83. The van der Waals surface area contributed by atoms with Gasteiger partial charge in [0, 0.05) is 0 Å². The number of hydrogen-bond acceptors (Lipinski definition) is 3. The predicted octanol–water partition coefficient (Wildman–Crippen LogP) is 5.93. The molecule has 0 aliphatic rings. The molecule has 1 atom stereocenters. The Morgan fingerprint density at radius 1 is 0.923 bits per heavy atom. The van der Waals surface area contributed by atoms with Gasteiger partial charge in [-0.25, -0.2) is 0 Å². The van der Waals surface area contributed by atoms with Crippen LogP contribution in [-0.4, -0.2) is 18.4 Å². The second kappa shape index (κ2) is 12.3. The minimum absolute atomic E-state index is 0.217. The molecule has 0 saturated carbocycles. The Morgan fingerprint density at radius 3 is 2.08 bits per heavy atom. The minimum Gasteiger partial charge on any atom is -0.472 e. The van der Waals surface area contributed by atoms with Crippen molar-refractivity contribution in [2.45, 2.75) is 96.8 Å². The minimum atomic E-state index is -4.22. The van der Waals surface area contributed by atoms with Gasteiger partial charge in [0.2, 0.25) is 5.44 Å². The molecule has 0 fully saturated rings. The van der Waals surface area contributed by atoms with Crippen molar-refractivity contribution < 1.29 is 17.7 Å². The van der Waals surface area contributed by atoms with E-state index in [0.717, 1.165) is 37.7 Å². The third-order valence-electron chi connectivity index (χ3n) is 4.73. The van der Waals surface area contributed by atoms with Crippen LogP contribution < -0.4 is 4.74 Å². The number of ether oxygens (including phenoxy) is 1. The average Bonchev–Trinajstić information content (AvgIpc) is 2.60. The molecule has 1 unspecified atom stereocenters. The lowest BCUT2D eigenvalue weighted by Gasteiger charge is -2.20. The van der Waals surface area contributed by atoms with Gasteiger partial charge in [-0.15, -0.1) is 0 Å². The van der Waals surface area contributed by atoms with Gasteiger partial charge in [0.25, 0.3) is 0 Å². The Balaban J connectivity index is 2.97. The molecule has 1 aromatic carbocycles. The summed E-state index contributed by atoms with van der Waals surface area (Å²) in [5.74, 6) is 0.610. The van der Waals surface area contributed by atoms with Crippen molar-refractivity contribution in [1.29, 1.82) is 0 Å². The quantitative estimate of drug-likeness (QED) is 0.319. The summed E-state index contributed by atoms with van der Waals surface area (Å²) in [5.41, 5.74) is 1.16. The van der Waals surface area contributed by atoms with E-state index in [9.17, 15) is 13.0 Å². The molecule has 150 valence electrons. The van der Waals surface area contributed by atoms with E-state index < -0.39 is 15.6 Å². The zero-order valence-corrected chi connectivity index (χ0v) is 17.5. The Morgan fingerprint density at radius 2 is 1.54 bits per heavy atom. The SMILES string of the molecule is CCCCCCc1cccc(OC(CC)S(=O)(=O)O)c1CCCCCC. The normalized spacial score (nSPS) is 12.9. The van der Waals surface area contributed by atoms with Crippen LogP contribution in [0.5, 0.6) is 5.75 Å². The summed E-state index contributed by atoms with van der Waals surface area (Å²) >= 11 is 0. The fraction of sp³-hybridized carbons (Fsp3) is 0.714. The number of unbranched alkanes of at least 4 members (excludes halogenated alkanes) is 6. The first-order chi connectivity index (χ1) is 12.4. The number of rotatable bonds is 14. The van der Waals surface area contributed by atoms with Crippen LogP contribution in [0.4, 0.5) is 0 Å². The second-order valence-electron chi connectivity index (χ2n) is 6.99. The predicted molar refractivity (Wildman–Crippen MR) is 108 cm³/mol. The van der Waals surface area contributed by atoms with Gasteiger partial charge in [-0.05, 0) is 49.3 Å². The number of aryl methyl sites for hydroxylation is 1. The third kappa shape index (κ3) is 8.09. The van der Waals surface area contributed by atoms with Gasteiger partial charge < -0.3 is 4.74 Å². The summed E-state index contributed by atoms with van der Waals surface area (Å²) in [6.45, 7) is 6.09. The lowest BCUT2D eigenvalue weighted by atomic mass is 9.96. The molecule has 0 aliphatic heterocycles. The average molecular weight is 385 g/mol. The van der Waals surface area contributed by atoms with Crippen molar-refractivity contribution in [3.63, 3.8) is 0 Å². The highest BCUT2D eigenvalue weighted by Gasteiger charge is 2.24. The van der Waals surface area contributed by atoms with Gasteiger partial charge in [0.1, 0.15) is 5.75 Å². The van der Waals surface area contributed by atoms with Gasteiger partial charge in [0.15, 0.2) is 0 Å². The standard InChI is InChI=1S/C21H36O4S/c1-4-7-9-11-14-18-15-13-17-20(19(18)16-12-10-8-5-2)25-21(6-3)26(22,23)24/h13,15,17,21H,4-12,14,16H2,1-3H3,(H,22,23,24). The van der Waals surface area contributed by atoms with Crippen molar-refractivity contribution in [3.8, 4) is 5.75 Å². The lowest BCUT2D eigenvalue weighted by molar-refractivity contribution is 0.250. The van der Waals surface area contributed by atoms with E-state index in [1.165, 1.54) is 37.7 Å². The van der Waals surface area contributed by atoms with Crippen LogP contribution in [0.2, 0.25) is 0 Å². The summed E-state index contributed by atoms with van der Waals surface area (Å²) in [4.78, 5) is 0. The molecule has 0 bridgehead atoms. The van der Waals surface area contributed by atoms with Gasteiger partial charge >= 0.3 is 10.1 Å². The Labute approximate surface area is 160 Å². The van der Waals surface area contributed by atoms with E-state index in [0.29, 0.717) is 5.75 Å². The first-order valence-electron chi connectivity index (χ1n) is 10.2. The molecule has 0 radical (unpaired) electrons. The van der Waals surface area contributed by atoms with E-state index >= 15 is 0 Å². The van der Waals surface area contributed by atoms with E-state index in [4.69, 9.17) is 4.74 Å². The highest BCUT2D eigenvalue weighted by Crippen LogP contribution is 2.28. The fourth-order valence-electron chi connectivity index (χ4n) is 3.21. The molecule has 26 heavy (non-hydrogen) atoms. The Kier molecular flexibility index (Phi) is 10.9. The molecule has 1 rings (SSSR count). The summed E-state index contributed by atoms with van der Waals surface area (Å²) < 4.78 is 38.2. The van der Waals surface area contributed by atoms with Crippen LogP contribution in [-0.2, 0) is 23.0 Å². The van der Waals surface area contributed by atoms with E-state index in [-0.39, 0.29) is 6.42 Å². The molecule has 0 spiro atoms. The van der Waals surface area contributed by atoms with Crippen LogP contribution in [0.3, 0.4) is 0 Å².